The fraction of sp³-hybridized carbons (Fsp3) is 0.684. The van der Waals surface area contributed by atoms with Crippen LogP contribution < -0.4 is 0 Å². The molecule has 0 amide bonds. The van der Waals surface area contributed by atoms with E-state index in [1.165, 1.54) is 0 Å². The second-order valence-electron chi connectivity index (χ2n) is 8.23. The molecule has 22 heavy (non-hydrogen) atoms. The van der Waals surface area contributed by atoms with E-state index in [9.17, 15) is 15.3 Å². The molecule has 0 radical (unpaired) electrons. The van der Waals surface area contributed by atoms with Gasteiger partial charge in [-0.2, -0.15) is 0 Å². The zero-order valence-corrected chi connectivity index (χ0v) is 13.4. The van der Waals surface area contributed by atoms with Crippen LogP contribution in [0.2, 0.25) is 0 Å². The van der Waals surface area contributed by atoms with Gasteiger partial charge in [0.15, 0.2) is 0 Å². The Morgan fingerprint density at radius 1 is 1.09 bits per heavy atom. The Balaban J connectivity index is 1.79. The average Bonchev–Trinajstić information content (AvgIpc) is 2.77. The summed E-state index contributed by atoms with van der Waals surface area (Å²) in [5.41, 5.74) is 0.897. The van der Waals surface area contributed by atoms with Gasteiger partial charge in [-0.15, -0.1) is 0 Å². The lowest BCUT2D eigenvalue weighted by Gasteiger charge is -2.56. The molecule has 3 heteroatoms. The minimum Gasteiger partial charge on any atom is -0.508 e. The van der Waals surface area contributed by atoms with Gasteiger partial charge in [0.2, 0.25) is 0 Å². The van der Waals surface area contributed by atoms with Crippen LogP contribution in [-0.2, 0) is 0 Å². The van der Waals surface area contributed by atoms with Crippen LogP contribution in [0.25, 0.3) is 0 Å². The van der Waals surface area contributed by atoms with Crippen molar-refractivity contribution in [3.8, 4) is 0 Å². The molecule has 0 aromatic rings. The number of fused-ring (bicyclic) bond motifs is 5. The molecule has 0 spiro atoms. The lowest BCUT2D eigenvalue weighted by molar-refractivity contribution is -0.0882. The Morgan fingerprint density at radius 3 is 2.64 bits per heavy atom. The van der Waals surface area contributed by atoms with Gasteiger partial charge >= 0.3 is 0 Å². The molecule has 7 atom stereocenters. The molecule has 4 aliphatic rings. The third-order valence-corrected chi connectivity index (χ3v) is 7.32. The Bertz CT molecular complexity index is 589. The van der Waals surface area contributed by atoms with Gasteiger partial charge in [-0.05, 0) is 66.6 Å². The highest BCUT2D eigenvalue weighted by atomic mass is 16.3. The van der Waals surface area contributed by atoms with Crippen LogP contribution >= 0.6 is 0 Å². The Kier molecular flexibility index (Phi) is 2.96. The predicted octanol–water partition coefficient (Wildman–Crippen LogP) is 3.11. The molecule has 3 nitrogen and oxygen atoms in total. The highest BCUT2D eigenvalue weighted by Gasteiger charge is 2.59. The molecular weight excluding hydrogens is 276 g/mol. The van der Waals surface area contributed by atoms with Crippen molar-refractivity contribution in [3.63, 3.8) is 0 Å². The molecule has 4 aliphatic carbocycles. The van der Waals surface area contributed by atoms with Gasteiger partial charge in [0.05, 0.1) is 12.2 Å². The van der Waals surface area contributed by atoms with Gasteiger partial charge in [-0.1, -0.05) is 26.0 Å². The maximum absolute atomic E-state index is 10.8. The van der Waals surface area contributed by atoms with E-state index < -0.39 is 6.10 Å². The monoisotopic (exact) mass is 302 g/mol. The SMILES string of the molecule is C[C@]12C=CC(O)=CC1=CC(O)[C@@H]1[C@H]2CC[C@]2(C)C(O)CC[C@@H]12. The second kappa shape index (κ2) is 4.48. The Morgan fingerprint density at radius 2 is 1.86 bits per heavy atom. The lowest BCUT2D eigenvalue weighted by atomic mass is 9.49. The van der Waals surface area contributed by atoms with E-state index in [2.05, 4.69) is 19.9 Å². The fourth-order valence-corrected chi connectivity index (χ4v) is 5.92. The van der Waals surface area contributed by atoms with Crippen molar-refractivity contribution in [3.05, 3.63) is 35.6 Å². The largest absolute Gasteiger partial charge is 0.508 e. The molecule has 120 valence electrons. The van der Waals surface area contributed by atoms with Crippen molar-refractivity contribution in [1.82, 2.24) is 0 Å². The molecule has 4 rings (SSSR count). The minimum absolute atomic E-state index is 0.0415. The molecule has 2 saturated carbocycles. The van der Waals surface area contributed by atoms with E-state index in [4.69, 9.17) is 0 Å². The summed E-state index contributed by atoms with van der Waals surface area (Å²) in [4.78, 5) is 0. The number of hydrogen-bond acceptors (Lipinski definition) is 3. The molecule has 0 bridgehead atoms. The van der Waals surface area contributed by atoms with Crippen LogP contribution in [0.3, 0.4) is 0 Å². The maximum atomic E-state index is 10.8. The first-order chi connectivity index (χ1) is 10.4. The number of rotatable bonds is 0. The van der Waals surface area contributed by atoms with Crippen LogP contribution in [0.5, 0.6) is 0 Å². The van der Waals surface area contributed by atoms with Crippen molar-refractivity contribution < 1.29 is 15.3 Å². The first-order valence-corrected chi connectivity index (χ1v) is 8.54. The molecule has 0 aromatic carbocycles. The number of hydrogen-bond donors (Lipinski definition) is 3. The number of aliphatic hydroxyl groups is 3. The zero-order chi connectivity index (χ0) is 15.7. The van der Waals surface area contributed by atoms with Gasteiger partial charge in [0.1, 0.15) is 5.76 Å². The van der Waals surface area contributed by atoms with Crippen LogP contribution in [0.4, 0.5) is 0 Å². The zero-order valence-electron chi connectivity index (χ0n) is 13.4. The van der Waals surface area contributed by atoms with Crippen molar-refractivity contribution in [2.45, 2.75) is 51.7 Å². The van der Waals surface area contributed by atoms with E-state index in [0.717, 1.165) is 31.3 Å². The summed E-state index contributed by atoms with van der Waals surface area (Å²) < 4.78 is 0. The molecule has 3 N–H and O–H groups in total. The average molecular weight is 302 g/mol. The third-order valence-electron chi connectivity index (χ3n) is 7.32. The van der Waals surface area contributed by atoms with E-state index in [-0.39, 0.29) is 28.6 Å². The van der Waals surface area contributed by atoms with Crippen LogP contribution in [0.1, 0.15) is 39.5 Å². The fourth-order valence-electron chi connectivity index (χ4n) is 5.92. The highest BCUT2D eigenvalue weighted by Crippen LogP contribution is 2.63. The number of aliphatic hydroxyl groups excluding tert-OH is 3. The second-order valence-corrected chi connectivity index (χ2v) is 8.23. The molecule has 0 aliphatic heterocycles. The van der Waals surface area contributed by atoms with Crippen molar-refractivity contribution in [1.29, 1.82) is 0 Å². The van der Waals surface area contributed by atoms with Gasteiger partial charge < -0.3 is 15.3 Å². The van der Waals surface area contributed by atoms with Crippen LogP contribution in [-0.4, -0.2) is 27.5 Å². The maximum Gasteiger partial charge on any atom is 0.115 e. The molecule has 2 unspecified atom stereocenters. The number of allylic oxidation sites excluding steroid dienone is 4. The van der Waals surface area contributed by atoms with E-state index in [1.54, 1.807) is 12.2 Å². The minimum atomic E-state index is -0.474. The first kappa shape index (κ1) is 14.5. The van der Waals surface area contributed by atoms with Gasteiger partial charge in [-0.3, -0.25) is 0 Å². The van der Waals surface area contributed by atoms with Crippen LogP contribution in [0, 0.1) is 28.6 Å². The standard InChI is InChI=1S/C19H26O3/c1-18-7-5-12(20)9-11(18)10-15(21)17-13-3-4-16(22)19(13,2)8-6-14(17)18/h5,7,9-10,13-17,20-22H,3-4,6,8H2,1-2H3/t13-,14+,15?,16?,17-,18-,19-/m0/s1. The van der Waals surface area contributed by atoms with Crippen molar-refractivity contribution in [2.75, 3.05) is 0 Å². The summed E-state index contributed by atoms with van der Waals surface area (Å²) in [7, 11) is 0. The van der Waals surface area contributed by atoms with E-state index in [1.807, 2.05) is 6.08 Å². The lowest BCUT2D eigenvalue weighted by Crippen LogP contribution is -2.53. The predicted molar refractivity (Wildman–Crippen MR) is 85.1 cm³/mol. The molecule has 0 saturated heterocycles. The van der Waals surface area contributed by atoms with Gasteiger partial charge in [-0.25, -0.2) is 0 Å². The third kappa shape index (κ3) is 1.70. The Labute approximate surface area is 132 Å². The molecule has 0 heterocycles. The highest BCUT2D eigenvalue weighted by molar-refractivity contribution is 5.44. The normalized spacial score (nSPS) is 53.2. The molecule has 0 aromatic heterocycles. The first-order valence-electron chi connectivity index (χ1n) is 8.54. The summed E-state index contributed by atoms with van der Waals surface area (Å²) in [6, 6.07) is 0. The van der Waals surface area contributed by atoms with E-state index >= 15 is 0 Å². The molecule has 2 fully saturated rings. The van der Waals surface area contributed by atoms with Gasteiger partial charge in [0.25, 0.3) is 0 Å². The molecular formula is C19H26O3. The summed E-state index contributed by atoms with van der Waals surface area (Å²) in [6.45, 7) is 4.44. The summed E-state index contributed by atoms with van der Waals surface area (Å²) >= 11 is 0. The smallest absolute Gasteiger partial charge is 0.115 e. The quantitative estimate of drug-likeness (QED) is 0.644. The van der Waals surface area contributed by atoms with Gasteiger partial charge in [0, 0.05) is 5.41 Å². The summed E-state index contributed by atoms with van der Waals surface area (Å²) in [6.07, 6.45) is 10.9. The van der Waals surface area contributed by atoms with Crippen molar-refractivity contribution in [2.24, 2.45) is 28.6 Å². The van der Waals surface area contributed by atoms with E-state index in [0.29, 0.717) is 11.8 Å². The van der Waals surface area contributed by atoms with Crippen LogP contribution in [0.15, 0.2) is 35.6 Å². The summed E-state index contributed by atoms with van der Waals surface area (Å²) in [5.74, 6) is 1.25. The Hall–Kier alpha value is -1.06. The van der Waals surface area contributed by atoms with Crippen molar-refractivity contribution >= 4 is 0 Å². The summed E-state index contributed by atoms with van der Waals surface area (Å²) in [5, 5.41) is 31.0. The topological polar surface area (TPSA) is 60.7 Å².